The monoisotopic (exact) mass is 388 g/mol. The Morgan fingerprint density at radius 1 is 1.17 bits per heavy atom. The number of rotatable bonds is 3. The van der Waals surface area contributed by atoms with Gasteiger partial charge in [-0.1, -0.05) is 55.6 Å². The predicted octanol–water partition coefficient (Wildman–Crippen LogP) is 5.60. The van der Waals surface area contributed by atoms with Gasteiger partial charge in [-0.05, 0) is 35.9 Å². The molecule has 1 unspecified atom stereocenters. The molecule has 0 heterocycles. The molecule has 1 atom stereocenters. The normalized spacial score (nSPS) is 12.2. The van der Waals surface area contributed by atoms with Crippen LogP contribution < -0.4 is 4.74 Å². The van der Waals surface area contributed by atoms with Crippen LogP contribution in [0.1, 0.15) is 16.0 Å². The molecule has 0 aliphatic heterocycles. The fraction of sp³-hybridized carbons (Fsp3) is 0.143. The van der Waals surface area contributed by atoms with Crippen molar-refractivity contribution in [3.05, 3.63) is 63.1 Å². The van der Waals surface area contributed by atoms with Gasteiger partial charge in [0.05, 0.1) is 11.9 Å². The highest BCUT2D eigenvalue weighted by atomic mass is 79.9. The maximum Gasteiger partial charge on any atom is 0.123 e. The molecular weight excluding hydrogens is 379 g/mol. The van der Waals surface area contributed by atoms with Crippen LogP contribution in [-0.2, 0) is 0 Å². The molecule has 18 heavy (non-hydrogen) atoms. The van der Waals surface area contributed by atoms with E-state index < -0.39 is 0 Å². The molecule has 4 heteroatoms. The Morgan fingerprint density at radius 3 is 2.61 bits per heavy atom. The number of hydrogen-bond acceptors (Lipinski definition) is 1. The standard InChI is InChI=1S/C14H11Br2ClO/c1-18-13-6-5-10(15)8-12(13)14(16)9-3-2-4-11(17)7-9/h2-8,14H,1H3. The van der Waals surface area contributed by atoms with Crippen molar-refractivity contribution >= 4 is 43.5 Å². The number of hydrogen-bond donors (Lipinski definition) is 0. The lowest BCUT2D eigenvalue weighted by Gasteiger charge is -2.15. The largest absolute Gasteiger partial charge is 0.496 e. The Bertz CT molecular complexity index is 557. The van der Waals surface area contributed by atoms with Crippen molar-refractivity contribution in [2.24, 2.45) is 0 Å². The second-order valence-electron chi connectivity index (χ2n) is 3.80. The zero-order valence-corrected chi connectivity index (χ0v) is 13.6. The van der Waals surface area contributed by atoms with Crippen LogP contribution in [0.4, 0.5) is 0 Å². The molecule has 1 nitrogen and oxygen atoms in total. The van der Waals surface area contributed by atoms with E-state index >= 15 is 0 Å². The summed E-state index contributed by atoms with van der Waals surface area (Å²) >= 11 is 13.2. The molecule has 0 saturated carbocycles. The van der Waals surface area contributed by atoms with E-state index in [-0.39, 0.29) is 4.83 Å². The van der Waals surface area contributed by atoms with Gasteiger partial charge >= 0.3 is 0 Å². The molecular formula is C14H11Br2ClO. The van der Waals surface area contributed by atoms with Crippen molar-refractivity contribution in [3.8, 4) is 5.75 Å². The van der Waals surface area contributed by atoms with Gasteiger partial charge in [0.2, 0.25) is 0 Å². The first kappa shape index (κ1) is 13.9. The van der Waals surface area contributed by atoms with Crippen LogP contribution in [-0.4, -0.2) is 7.11 Å². The molecule has 2 aromatic rings. The highest BCUT2D eigenvalue weighted by Crippen LogP contribution is 2.38. The molecule has 0 aliphatic carbocycles. The average Bonchev–Trinajstić information content (AvgIpc) is 2.38. The lowest BCUT2D eigenvalue weighted by atomic mass is 10.0. The molecule has 0 radical (unpaired) electrons. The summed E-state index contributed by atoms with van der Waals surface area (Å²) in [4.78, 5) is 0.0450. The molecule has 0 aliphatic rings. The van der Waals surface area contributed by atoms with Crippen molar-refractivity contribution in [2.75, 3.05) is 7.11 Å². The minimum atomic E-state index is 0.0450. The molecule has 0 bridgehead atoms. The van der Waals surface area contributed by atoms with Crippen molar-refractivity contribution in [1.29, 1.82) is 0 Å². The fourth-order valence-corrected chi connectivity index (χ4v) is 2.97. The van der Waals surface area contributed by atoms with Gasteiger partial charge in [0.15, 0.2) is 0 Å². The van der Waals surface area contributed by atoms with Crippen LogP contribution in [0.5, 0.6) is 5.75 Å². The van der Waals surface area contributed by atoms with Crippen LogP contribution >= 0.6 is 43.5 Å². The summed E-state index contributed by atoms with van der Waals surface area (Å²) < 4.78 is 6.41. The Morgan fingerprint density at radius 2 is 1.94 bits per heavy atom. The maximum atomic E-state index is 6.02. The molecule has 0 aromatic heterocycles. The predicted molar refractivity (Wildman–Crippen MR) is 82.9 cm³/mol. The zero-order valence-electron chi connectivity index (χ0n) is 9.66. The van der Waals surface area contributed by atoms with Crippen molar-refractivity contribution in [2.45, 2.75) is 4.83 Å². The van der Waals surface area contributed by atoms with Crippen LogP contribution in [0.3, 0.4) is 0 Å². The van der Waals surface area contributed by atoms with E-state index in [1.165, 1.54) is 0 Å². The van der Waals surface area contributed by atoms with E-state index in [0.29, 0.717) is 0 Å². The zero-order chi connectivity index (χ0) is 13.1. The molecule has 0 spiro atoms. The minimum absolute atomic E-state index is 0.0450. The van der Waals surface area contributed by atoms with E-state index in [1.54, 1.807) is 7.11 Å². The van der Waals surface area contributed by atoms with Gasteiger partial charge in [0, 0.05) is 15.1 Å². The van der Waals surface area contributed by atoms with Gasteiger partial charge in [0.25, 0.3) is 0 Å². The third-order valence-electron chi connectivity index (χ3n) is 2.61. The summed E-state index contributed by atoms with van der Waals surface area (Å²) in [5.74, 6) is 0.847. The lowest BCUT2D eigenvalue weighted by Crippen LogP contribution is -1.97. The Hall–Kier alpha value is -0.510. The smallest absolute Gasteiger partial charge is 0.123 e. The average molecular weight is 391 g/mol. The molecule has 0 fully saturated rings. The van der Waals surface area contributed by atoms with Gasteiger partial charge in [-0.3, -0.25) is 0 Å². The number of benzene rings is 2. The van der Waals surface area contributed by atoms with Gasteiger partial charge in [0.1, 0.15) is 5.75 Å². The third-order valence-corrected chi connectivity index (χ3v) is 4.36. The van der Waals surface area contributed by atoms with Crippen molar-refractivity contribution in [3.63, 3.8) is 0 Å². The van der Waals surface area contributed by atoms with Crippen molar-refractivity contribution in [1.82, 2.24) is 0 Å². The summed E-state index contributed by atoms with van der Waals surface area (Å²) in [7, 11) is 1.67. The highest BCUT2D eigenvalue weighted by molar-refractivity contribution is 9.10. The molecule has 0 saturated heterocycles. The molecule has 0 amide bonds. The number of ether oxygens (including phenoxy) is 1. The topological polar surface area (TPSA) is 9.23 Å². The van der Waals surface area contributed by atoms with E-state index in [1.807, 2.05) is 42.5 Å². The summed E-state index contributed by atoms with van der Waals surface area (Å²) in [6.07, 6.45) is 0. The second kappa shape index (κ2) is 6.09. The maximum absolute atomic E-state index is 6.02. The van der Waals surface area contributed by atoms with Crippen molar-refractivity contribution < 1.29 is 4.74 Å². The van der Waals surface area contributed by atoms with Crippen LogP contribution in [0.25, 0.3) is 0 Å². The molecule has 2 aromatic carbocycles. The minimum Gasteiger partial charge on any atom is -0.496 e. The first-order chi connectivity index (χ1) is 8.61. The quantitative estimate of drug-likeness (QED) is 0.620. The van der Waals surface area contributed by atoms with Gasteiger partial charge < -0.3 is 4.74 Å². The first-order valence-corrected chi connectivity index (χ1v) is 7.43. The Kier molecular flexibility index (Phi) is 4.71. The summed E-state index contributed by atoms with van der Waals surface area (Å²) in [5, 5.41) is 0.728. The number of alkyl halides is 1. The molecule has 0 N–H and O–H groups in total. The summed E-state index contributed by atoms with van der Waals surface area (Å²) in [5.41, 5.74) is 2.16. The summed E-state index contributed by atoms with van der Waals surface area (Å²) in [6.45, 7) is 0. The third kappa shape index (κ3) is 3.08. The lowest BCUT2D eigenvalue weighted by molar-refractivity contribution is 0.410. The highest BCUT2D eigenvalue weighted by Gasteiger charge is 2.15. The van der Waals surface area contributed by atoms with E-state index in [4.69, 9.17) is 16.3 Å². The fourth-order valence-electron chi connectivity index (χ4n) is 1.75. The number of halogens is 3. The van der Waals surface area contributed by atoms with E-state index in [2.05, 4.69) is 31.9 Å². The Balaban J connectivity index is 2.44. The van der Waals surface area contributed by atoms with Crippen LogP contribution in [0, 0.1) is 0 Å². The van der Waals surface area contributed by atoms with Gasteiger partial charge in [-0.15, -0.1) is 0 Å². The first-order valence-electron chi connectivity index (χ1n) is 5.35. The number of methoxy groups -OCH3 is 1. The van der Waals surface area contributed by atoms with Crippen LogP contribution in [0.2, 0.25) is 5.02 Å². The summed E-state index contributed by atoms with van der Waals surface area (Å²) in [6, 6.07) is 13.7. The SMILES string of the molecule is COc1ccc(Br)cc1C(Br)c1cccc(Cl)c1. The van der Waals surface area contributed by atoms with Gasteiger partial charge in [-0.25, -0.2) is 0 Å². The Labute approximate surface area is 128 Å². The van der Waals surface area contributed by atoms with E-state index in [9.17, 15) is 0 Å². The second-order valence-corrected chi connectivity index (χ2v) is 6.07. The van der Waals surface area contributed by atoms with Gasteiger partial charge in [-0.2, -0.15) is 0 Å². The van der Waals surface area contributed by atoms with Crippen LogP contribution in [0.15, 0.2) is 46.9 Å². The molecule has 94 valence electrons. The molecule has 2 rings (SSSR count). The van der Waals surface area contributed by atoms with E-state index in [0.717, 1.165) is 26.4 Å².